The molecule has 11 heteroatoms. The summed E-state index contributed by atoms with van der Waals surface area (Å²) < 4.78 is 19.4. The maximum atomic E-state index is 14.0. The monoisotopic (exact) mass is 510 g/mol. The molecule has 0 bridgehead atoms. The number of rotatable bonds is 7. The second kappa shape index (κ2) is 10.3. The number of allylic oxidation sites excluding steroid dienone is 1. The minimum absolute atomic E-state index is 0.119. The molecule has 36 heavy (non-hydrogen) atoms. The quantitative estimate of drug-likeness (QED) is 0.151. The number of ether oxygens (including phenoxy) is 1. The van der Waals surface area contributed by atoms with Crippen molar-refractivity contribution >= 4 is 29.2 Å². The van der Waals surface area contributed by atoms with E-state index in [1.807, 2.05) is 0 Å². The highest BCUT2D eigenvalue weighted by Crippen LogP contribution is 2.40. The highest BCUT2D eigenvalue weighted by molar-refractivity contribution is 7.98. The van der Waals surface area contributed by atoms with Gasteiger partial charge >= 0.3 is 5.97 Å². The normalized spacial score (nSPS) is 14.9. The molecule has 1 aliphatic heterocycles. The van der Waals surface area contributed by atoms with Gasteiger partial charge in [-0.15, -0.1) is 0 Å². The third kappa shape index (κ3) is 5.15. The van der Waals surface area contributed by atoms with Gasteiger partial charge in [0.1, 0.15) is 11.6 Å². The van der Waals surface area contributed by atoms with Gasteiger partial charge in [-0.25, -0.2) is 14.2 Å². The molecule has 0 saturated carbocycles. The predicted octanol–water partition coefficient (Wildman–Crippen LogP) is 4.89. The number of nitrogens with zero attached hydrogens (tertiary/aromatic N) is 2. The first-order chi connectivity index (χ1) is 17.2. The number of fused-ring (bicyclic) bond motifs is 1. The van der Waals surface area contributed by atoms with E-state index in [4.69, 9.17) is 4.74 Å². The van der Waals surface area contributed by atoms with Crippen LogP contribution in [0.15, 0.2) is 69.8 Å². The molecule has 2 heterocycles. The molecule has 2 aromatic carbocycles. The van der Waals surface area contributed by atoms with Gasteiger partial charge in [-0.1, -0.05) is 42.1 Å². The summed E-state index contributed by atoms with van der Waals surface area (Å²) in [5.74, 6) is -1.33. The van der Waals surface area contributed by atoms with Crippen LogP contribution in [0, 0.1) is 15.9 Å². The number of halogens is 1. The lowest BCUT2D eigenvalue weighted by Crippen LogP contribution is -2.31. The van der Waals surface area contributed by atoms with Crippen LogP contribution in [0.3, 0.4) is 0 Å². The van der Waals surface area contributed by atoms with Crippen LogP contribution in [-0.2, 0) is 15.3 Å². The summed E-state index contributed by atoms with van der Waals surface area (Å²) in [4.78, 5) is 44.2. The Bertz CT molecular complexity index is 1420. The number of aromatic amines is 1. The van der Waals surface area contributed by atoms with Gasteiger partial charge in [0.25, 0.3) is 11.2 Å². The topological polar surface area (TPSA) is 127 Å². The highest BCUT2D eigenvalue weighted by Gasteiger charge is 2.37. The Kier molecular flexibility index (Phi) is 7.20. The average Bonchev–Trinajstić information content (AvgIpc) is 2.82. The number of nitro benzene ring substituents is 1. The number of carbonyl (C=O) groups is 1. The maximum absolute atomic E-state index is 14.0. The molecular weight excluding hydrogens is 487 g/mol. The zero-order valence-corrected chi connectivity index (χ0v) is 20.5. The molecule has 186 valence electrons. The van der Waals surface area contributed by atoms with E-state index in [-0.39, 0.29) is 39.4 Å². The number of H-pyrrole nitrogens is 1. The second-order valence-electron chi connectivity index (χ2n) is 8.41. The number of hydrogen-bond donors (Lipinski definition) is 2. The van der Waals surface area contributed by atoms with Crippen molar-refractivity contribution in [3.05, 3.63) is 103 Å². The van der Waals surface area contributed by atoms with Crippen LogP contribution >= 0.6 is 11.8 Å². The van der Waals surface area contributed by atoms with E-state index in [9.17, 15) is 24.1 Å². The van der Waals surface area contributed by atoms with Crippen molar-refractivity contribution in [3.63, 3.8) is 0 Å². The SMILES string of the molecule is CC1=C(C(=O)OC(C)C)C(c2ccc([N+](=O)[O-])cc2)c2c(nc(SCc3ccccc3F)[nH]c2=O)N1. The molecule has 2 N–H and O–H groups in total. The van der Waals surface area contributed by atoms with Crippen LogP contribution in [0.5, 0.6) is 0 Å². The molecule has 0 amide bonds. The standard InChI is InChI=1S/C25H23FN4O5S/c1-13(2)35-24(32)19-14(3)27-22-21(20(19)15-8-10-17(11-9-15)30(33)34)23(31)29-25(28-22)36-12-16-6-4-5-7-18(16)26/h4-11,13,20H,12H2,1-3H3,(H2,27,28,29,31). The Morgan fingerprint density at radius 3 is 2.56 bits per heavy atom. The molecule has 0 fully saturated rings. The lowest BCUT2D eigenvalue weighted by molar-refractivity contribution is -0.384. The average molecular weight is 511 g/mol. The number of hydrogen-bond acceptors (Lipinski definition) is 8. The summed E-state index contributed by atoms with van der Waals surface area (Å²) in [5, 5.41) is 14.4. The molecule has 0 spiro atoms. The largest absolute Gasteiger partial charge is 0.460 e. The Morgan fingerprint density at radius 1 is 1.22 bits per heavy atom. The number of thioether (sulfide) groups is 1. The summed E-state index contributed by atoms with van der Waals surface area (Å²) in [6, 6.07) is 12.0. The number of aromatic nitrogens is 2. The zero-order chi connectivity index (χ0) is 26.0. The molecule has 3 aromatic rings. The number of anilines is 1. The van der Waals surface area contributed by atoms with Crippen LogP contribution in [0.4, 0.5) is 15.9 Å². The Balaban J connectivity index is 1.77. The van der Waals surface area contributed by atoms with Gasteiger partial charge in [0.15, 0.2) is 5.16 Å². The number of benzene rings is 2. The third-order valence-electron chi connectivity index (χ3n) is 5.54. The van der Waals surface area contributed by atoms with E-state index in [1.165, 1.54) is 30.3 Å². The number of nitro groups is 1. The molecule has 0 saturated heterocycles. The Labute approximate surface area is 210 Å². The molecule has 4 rings (SSSR count). The van der Waals surface area contributed by atoms with E-state index < -0.39 is 28.5 Å². The van der Waals surface area contributed by atoms with Crippen LogP contribution in [-0.4, -0.2) is 27.0 Å². The fourth-order valence-electron chi connectivity index (χ4n) is 3.93. The van der Waals surface area contributed by atoms with E-state index in [0.29, 0.717) is 16.8 Å². The lowest BCUT2D eigenvalue weighted by Gasteiger charge is -2.29. The molecule has 1 aliphatic rings. The zero-order valence-electron chi connectivity index (χ0n) is 19.7. The van der Waals surface area contributed by atoms with Gasteiger partial charge in [0, 0.05) is 23.6 Å². The fraction of sp³-hybridized carbons (Fsp3) is 0.240. The Morgan fingerprint density at radius 2 is 1.92 bits per heavy atom. The van der Waals surface area contributed by atoms with Crippen LogP contribution < -0.4 is 10.9 Å². The summed E-state index contributed by atoms with van der Waals surface area (Å²) >= 11 is 1.16. The molecule has 1 aromatic heterocycles. The van der Waals surface area contributed by atoms with Crippen molar-refractivity contribution in [2.24, 2.45) is 0 Å². The maximum Gasteiger partial charge on any atom is 0.337 e. The Hall–Kier alpha value is -3.99. The van der Waals surface area contributed by atoms with E-state index >= 15 is 0 Å². The first-order valence-corrected chi connectivity index (χ1v) is 12.1. The van der Waals surface area contributed by atoms with Crippen molar-refractivity contribution in [2.45, 2.75) is 43.7 Å². The molecule has 1 atom stereocenters. The molecule has 0 radical (unpaired) electrons. The van der Waals surface area contributed by atoms with Crippen molar-refractivity contribution in [1.29, 1.82) is 0 Å². The summed E-state index contributed by atoms with van der Waals surface area (Å²) in [5.41, 5.74) is 1.19. The van der Waals surface area contributed by atoms with Crippen molar-refractivity contribution in [2.75, 3.05) is 5.32 Å². The smallest absolute Gasteiger partial charge is 0.337 e. The van der Waals surface area contributed by atoms with Gasteiger partial charge in [0.05, 0.1) is 28.1 Å². The lowest BCUT2D eigenvalue weighted by atomic mass is 9.82. The van der Waals surface area contributed by atoms with Crippen molar-refractivity contribution < 1.29 is 18.8 Å². The third-order valence-corrected chi connectivity index (χ3v) is 6.47. The van der Waals surface area contributed by atoms with E-state index in [2.05, 4.69) is 15.3 Å². The fourth-order valence-corrected chi connectivity index (χ4v) is 4.78. The molecular formula is C25H23FN4O5S. The van der Waals surface area contributed by atoms with Gasteiger partial charge in [0.2, 0.25) is 0 Å². The predicted molar refractivity (Wildman–Crippen MR) is 133 cm³/mol. The first kappa shape index (κ1) is 25.1. The number of esters is 1. The molecule has 1 unspecified atom stereocenters. The van der Waals surface area contributed by atoms with Crippen LogP contribution in [0.2, 0.25) is 0 Å². The van der Waals surface area contributed by atoms with Gasteiger partial charge in [-0.3, -0.25) is 14.9 Å². The van der Waals surface area contributed by atoms with Crippen LogP contribution in [0.25, 0.3) is 0 Å². The minimum atomic E-state index is -0.866. The van der Waals surface area contributed by atoms with Gasteiger partial charge in [-0.05, 0) is 38.0 Å². The number of carbonyl (C=O) groups excluding carboxylic acids is 1. The van der Waals surface area contributed by atoms with E-state index in [0.717, 1.165) is 11.8 Å². The highest BCUT2D eigenvalue weighted by atomic mass is 32.2. The minimum Gasteiger partial charge on any atom is -0.460 e. The molecule has 0 aliphatic carbocycles. The number of nitrogens with one attached hydrogen (secondary N) is 2. The second-order valence-corrected chi connectivity index (χ2v) is 9.38. The van der Waals surface area contributed by atoms with Crippen molar-refractivity contribution in [3.8, 4) is 0 Å². The van der Waals surface area contributed by atoms with Gasteiger partial charge in [-0.2, -0.15) is 0 Å². The summed E-state index contributed by atoms with van der Waals surface area (Å²) in [6.07, 6.45) is -0.398. The number of non-ortho nitro benzene ring substituents is 1. The van der Waals surface area contributed by atoms with Gasteiger partial charge < -0.3 is 15.0 Å². The summed E-state index contributed by atoms with van der Waals surface area (Å²) in [6.45, 7) is 5.10. The summed E-state index contributed by atoms with van der Waals surface area (Å²) in [7, 11) is 0. The van der Waals surface area contributed by atoms with Crippen LogP contribution in [0.1, 0.15) is 43.4 Å². The van der Waals surface area contributed by atoms with E-state index in [1.54, 1.807) is 39.0 Å². The first-order valence-electron chi connectivity index (χ1n) is 11.1. The molecule has 9 nitrogen and oxygen atoms in total. The van der Waals surface area contributed by atoms with Crippen molar-refractivity contribution in [1.82, 2.24) is 9.97 Å².